The van der Waals surface area contributed by atoms with E-state index in [1.165, 1.54) is 0 Å². The molecule has 9 nitrogen and oxygen atoms in total. The molecule has 1 aromatic rings. The standard InChI is InChI=1S/C32H40N4O5/c1-4-7-24-27-12-10-20(2)31(38)35-26-14-15-40-28-13-11-21(16-25(26)28)8-5-6-9-23-17-29(37)36(32(33)34-23)30(24)22(18-39-3)19-41-27/h5,7-8,10-13,16,22-23,26,30H,4,6,9,14-15,17-19H2,1-3H3,(H2,33,34)(H,35,38)/b8-5-,20-10+,24-7-,27-12+. The zero-order valence-corrected chi connectivity index (χ0v) is 24.1. The molecule has 1 fully saturated rings. The van der Waals surface area contributed by atoms with Crippen LogP contribution in [0.25, 0.3) is 6.08 Å². The maximum absolute atomic E-state index is 13.6. The van der Waals surface area contributed by atoms with Crippen molar-refractivity contribution in [2.45, 2.75) is 64.1 Å². The van der Waals surface area contributed by atoms with Gasteiger partial charge in [0.05, 0.1) is 37.9 Å². The first-order chi connectivity index (χ1) is 19.9. The van der Waals surface area contributed by atoms with Gasteiger partial charge in [-0.15, -0.1) is 0 Å². The fourth-order valence-electron chi connectivity index (χ4n) is 5.97. The fraction of sp³-hybridized carbons (Fsp3) is 0.469. The predicted octanol–water partition coefficient (Wildman–Crippen LogP) is 4.18. The van der Waals surface area contributed by atoms with Crippen LogP contribution in [-0.4, -0.2) is 61.7 Å². The number of methoxy groups -OCH3 is 1. The first-order valence-electron chi connectivity index (χ1n) is 14.5. The van der Waals surface area contributed by atoms with E-state index in [0.29, 0.717) is 50.4 Å². The summed E-state index contributed by atoms with van der Waals surface area (Å²) in [5.74, 6) is 1.29. The predicted molar refractivity (Wildman–Crippen MR) is 158 cm³/mol. The highest BCUT2D eigenvalue weighted by Gasteiger charge is 2.43. The number of amides is 2. The number of rotatable bonds is 3. The first kappa shape index (κ1) is 28.7. The molecule has 3 N–H and O–H groups in total. The Balaban J connectivity index is 1.56. The number of hydrogen-bond acceptors (Lipinski definition) is 7. The van der Waals surface area contributed by atoms with Gasteiger partial charge in [-0.05, 0) is 50.0 Å². The van der Waals surface area contributed by atoms with E-state index in [1.807, 2.05) is 25.1 Å². The van der Waals surface area contributed by atoms with Gasteiger partial charge in [0.25, 0.3) is 0 Å². The fourth-order valence-corrected chi connectivity index (χ4v) is 5.97. The maximum atomic E-state index is 13.6. The summed E-state index contributed by atoms with van der Waals surface area (Å²) in [5.41, 5.74) is 9.90. The summed E-state index contributed by atoms with van der Waals surface area (Å²) in [6.07, 6.45) is 13.0. The number of allylic oxidation sites excluding steroid dienone is 4. The van der Waals surface area contributed by atoms with Crippen LogP contribution in [-0.2, 0) is 19.1 Å². The minimum Gasteiger partial charge on any atom is -0.493 e. The lowest BCUT2D eigenvalue weighted by molar-refractivity contribution is -0.131. The zero-order valence-electron chi connectivity index (χ0n) is 24.1. The van der Waals surface area contributed by atoms with Crippen LogP contribution in [0, 0.1) is 5.92 Å². The number of hydrogen-bond donors (Lipinski definition) is 2. The molecule has 9 heteroatoms. The molecule has 5 heterocycles. The second-order valence-electron chi connectivity index (χ2n) is 11.0. The average molecular weight is 561 g/mol. The third-order valence-corrected chi connectivity index (χ3v) is 8.02. The van der Waals surface area contributed by atoms with E-state index in [-0.39, 0.29) is 41.8 Å². The molecule has 218 valence electrons. The molecule has 4 atom stereocenters. The third-order valence-electron chi connectivity index (χ3n) is 8.02. The van der Waals surface area contributed by atoms with Crippen LogP contribution in [0.4, 0.5) is 0 Å². The average Bonchev–Trinajstić information content (AvgIpc) is 2.95. The Morgan fingerprint density at radius 1 is 1.22 bits per heavy atom. The summed E-state index contributed by atoms with van der Waals surface area (Å²) in [7, 11) is 1.64. The Hall–Kier alpha value is -3.85. The number of carbonyl (C=O) groups is 2. The van der Waals surface area contributed by atoms with Crippen LogP contribution in [0.5, 0.6) is 5.75 Å². The lowest BCUT2D eigenvalue weighted by Gasteiger charge is -2.43. The largest absolute Gasteiger partial charge is 0.493 e. The van der Waals surface area contributed by atoms with Gasteiger partial charge in [-0.3, -0.25) is 14.5 Å². The van der Waals surface area contributed by atoms with E-state index >= 15 is 0 Å². The van der Waals surface area contributed by atoms with Crippen LogP contribution in [0.2, 0.25) is 0 Å². The molecular formula is C32H40N4O5. The summed E-state index contributed by atoms with van der Waals surface area (Å²) in [6.45, 7) is 5.11. The van der Waals surface area contributed by atoms with Crippen molar-refractivity contribution in [3.8, 4) is 5.75 Å². The van der Waals surface area contributed by atoms with Gasteiger partial charge >= 0.3 is 0 Å². The molecule has 0 saturated carbocycles. The number of nitrogens with zero attached hydrogens (tertiary/aromatic N) is 2. The molecule has 6 bridgehead atoms. The lowest BCUT2D eigenvalue weighted by atomic mass is 9.87. The highest BCUT2D eigenvalue weighted by molar-refractivity contribution is 5.99. The molecule has 41 heavy (non-hydrogen) atoms. The number of nitrogens with two attached hydrogens (primary N) is 1. The number of benzene rings is 1. The third kappa shape index (κ3) is 6.25. The van der Waals surface area contributed by atoms with Crippen molar-refractivity contribution in [2.24, 2.45) is 16.6 Å². The number of aliphatic imine (C=N–C) groups is 1. The quantitative estimate of drug-likeness (QED) is 0.573. The Kier molecular flexibility index (Phi) is 8.93. The molecule has 1 saturated heterocycles. The van der Waals surface area contributed by atoms with Crippen molar-refractivity contribution in [1.82, 2.24) is 10.2 Å². The summed E-state index contributed by atoms with van der Waals surface area (Å²) in [6, 6.07) is 5.34. The number of guanidine groups is 1. The van der Waals surface area contributed by atoms with Crippen LogP contribution < -0.4 is 15.8 Å². The van der Waals surface area contributed by atoms with E-state index in [1.54, 1.807) is 25.0 Å². The Labute approximate surface area is 241 Å². The summed E-state index contributed by atoms with van der Waals surface area (Å²) < 4.78 is 17.6. The number of ether oxygens (including phenoxy) is 3. The summed E-state index contributed by atoms with van der Waals surface area (Å²) in [4.78, 5) is 33.3. The number of fused-ring (bicyclic) bond motifs is 6. The zero-order chi connectivity index (χ0) is 28.9. The molecule has 0 aromatic heterocycles. The van der Waals surface area contributed by atoms with Crippen LogP contribution in [0.1, 0.15) is 63.1 Å². The number of nitrogens with one attached hydrogen (secondary N) is 1. The topological polar surface area (TPSA) is 115 Å². The van der Waals surface area contributed by atoms with Gasteiger partial charge in [-0.25, -0.2) is 4.99 Å². The van der Waals surface area contributed by atoms with Crippen molar-refractivity contribution in [3.05, 3.63) is 70.5 Å². The lowest BCUT2D eigenvalue weighted by Crippen LogP contribution is -2.58. The molecule has 4 unspecified atom stereocenters. The van der Waals surface area contributed by atoms with Gasteiger partial charge in [0.2, 0.25) is 11.8 Å². The smallest absolute Gasteiger partial charge is 0.247 e. The Morgan fingerprint density at radius 3 is 2.85 bits per heavy atom. The molecule has 1 aromatic carbocycles. The van der Waals surface area contributed by atoms with Gasteiger partial charge in [0, 0.05) is 42.6 Å². The van der Waals surface area contributed by atoms with Crippen LogP contribution in [0.15, 0.2) is 64.4 Å². The van der Waals surface area contributed by atoms with Crippen molar-refractivity contribution >= 4 is 23.8 Å². The van der Waals surface area contributed by atoms with E-state index in [2.05, 4.69) is 29.6 Å². The van der Waals surface area contributed by atoms with Gasteiger partial charge in [-0.2, -0.15) is 0 Å². The molecule has 0 spiro atoms. The van der Waals surface area contributed by atoms with Crippen molar-refractivity contribution in [2.75, 3.05) is 26.9 Å². The second-order valence-corrected chi connectivity index (χ2v) is 11.0. The van der Waals surface area contributed by atoms with Crippen molar-refractivity contribution < 1.29 is 23.8 Å². The summed E-state index contributed by atoms with van der Waals surface area (Å²) >= 11 is 0. The van der Waals surface area contributed by atoms with Crippen molar-refractivity contribution in [1.29, 1.82) is 0 Å². The Morgan fingerprint density at radius 2 is 2.07 bits per heavy atom. The van der Waals surface area contributed by atoms with Gasteiger partial charge < -0.3 is 25.3 Å². The highest BCUT2D eigenvalue weighted by Crippen LogP contribution is 2.36. The second kappa shape index (κ2) is 12.8. The molecule has 5 aliphatic heterocycles. The molecular weight excluding hydrogens is 520 g/mol. The monoisotopic (exact) mass is 560 g/mol. The van der Waals surface area contributed by atoms with E-state index < -0.39 is 0 Å². The van der Waals surface area contributed by atoms with E-state index in [9.17, 15) is 9.59 Å². The molecule has 0 radical (unpaired) electrons. The first-order valence-corrected chi connectivity index (χ1v) is 14.5. The molecule has 5 aliphatic rings. The van der Waals surface area contributed by atoms with Crippen LogP contribution >= 0.6 is 0 Å². The van der Waals surface area contributed by atoms with Gasteiger partial charge in [-0.1, -0.05) is 37.3 Å². The van der Waals surface area contributed by atoms with Crippen molar-refractivity contribution in [3.63, 3.8) is 0 Å². The minimum atomic E-state index is -0.383. The SMILES string of the molecule is CC/C=C1/C2=C\C=C(/C)C(=O)NC3CCOc4ccc(cc43)/C=C\CCC3CC(=O)N(C(N)=N3)C1C(COC)CO2. The molecule has 0 aliphatic carbocycles. The van der Waals surface area contributed by atoms with Gasteiger partial charge in [0.1, 0.15) is 11.5 Å². The molecule has 2 amide bonds. The van der Waals surface area contributed by atoms with E-state index in [0.717, 1.165) is 35.3 Å². The summed E-state index contributed by atoms with van der Waals surface area (Å²) in [5, 5.41) is 3.19. The minimum absolute atomic E-state index is 0.0536. The number of carbonyl (C=O) groups excluding carboxylic acids is 2. The maximum Gasteiger partial charge on any atom is 0.247 e. The molecule has 6 rings (SSSR count). The Bertz CT molecular complexity index is 1330. The van der Waals surface area contributed by atoms with E-state index in [4.69, 9.17) is 24.9 Å². The normalized spacial score (nSPS) is 31.0. The van der Waals surface area contributed by atoms with Crippen LogP contribution in [0.3, 0.4) is 0 Å². The highest BCUT2D eigenvalue weighted by atomic mass is 16.5. The van der Waals surface area contributed by atoms with Gasteiger partial charge in [0.15, 0.2) is 5.96 Å².